The van der Waals surface area contributed by atoms with Crippen molar-refractivity contribution in [3.63, 3.8) is 0 Å². The maximum absolute atomic E-state index is 11.6. The van der Waals surface area contributed by atoms with Crippen molar-refractivity contribution < 1.29 is 28.5 Å². The van der Waals surface area contributed by atoms with Gasteiger partial charge in [-0.3, -0.25) is 4.79 Å². The molecule has 1 fully saturated rings. The highest BCUT2D eigenvalue weighted by Gasteiger charge is 2.48. The van der Waals surface area contributed by atoms with E-state index in [9.17, 15) is 4.79 Å². The van der Waals surface area contributed by atoms with E-state index in [1.54, 1.807) is 18.2 Å². The van der Waals surface area contributed by atoms with Gasteiger partial charge in [0.25, 0.3) is 0 Å². The molecule has 0 radical (unpaired) electrons. The van der Waals surface area contributed by atoms with Crippen LogP contribution in [0.1, 0.15) is 6.92 Å². The summed E-state index contributed by atoms with van der Waals surface area (Å²) in [6, 6.07) is -0.534. The van der Waals surface area contributed by atoms with Crippen molar-refractivity contribution in [3.05, 3.63) is 38.0 Å². The van der Waals surface area contributed by atoms with Crippen molar-refractivity contribution in [2.24, 2.45) is 0 Å². The number of methoxy groups -OCH3 is 1. The van der Waals surface area contributed by atoms with Gasteiger partial charge in [0.05, 0.1) is 26.4 Å². The molecule has 7 heteroatoms. The summed E-state index contributed by atoms with van der Waals surface area (Å²) in [6.45, 7) is 13.7. The fraction of sp³-hybridized carbons (Fsp3) is 0.611. The van der Waals surface area contributed by atoms with Gasteiger partial charge in [-0.05, 0) is 0 Å². The molecule has 0 unspecified atom stereocenters. The smallest absolute Gasteiger partial charge is 0.217 e. The lowest BCUT2D eigenvalue weighted by atomic mass is 9.96. The molecular formula is C18H29NO6. The van der Waals surface area contributed by atoms with E-state index in [-0.39, 0.29) is 12.5 Å². The van der Waals surface area contributed by atoms with Gasteiger partial charge in [0.15, 0.2) is 6.29 Å². The Kier molecular flexibility index (Phi) is 10.3. The zero-order chi connectivity index (χ0) is 18.7. The van der Waals surface area contributed by atoms with E-state index < -0.39 is 30.6 Å². The Morgan fingerprint density at radius 3 is 2.20 bits per heavy atom. The summed E-state index contributed by atoms with van der Waals surface area (Å²) in [4.78, 5) is 11.6. The predicted octanol–water partition coefficient (Wildman–Crippen LogP) is 1.21. The third-order valence-corrected chi connectivity index (χ3v) is 3.58. The first-order valence-corrected chi connectivity index (χ1v) is 8.18. The summed E-state index contributed by atoms with van der Waals surface area (Å²) in [7, 11) is 1.51. The third-order valence-electron chi connectivity index (χ3n) is 3.58. The third kappa shape index (κ3) is 6.72. The number of amides is 1. The number of rotatable bonds is 12. The van der Waals surface area contributed by atoms with Crippen LogP contribution in [0.5, 0.6) is 0 Å². The van der Waals surface area contributed by atoms with Crippen LogP contribution in [0, 0.1) is 0 Å². The first-order valence-electron chi connectivity index (χ1n) is 8.18. The van der Waals surface area contributed by atoms with Crippen LogP contribution in [0.3, 0.4) is 0 Å². The fourth-order valence-corrected chi connectivity index (χ4v) is 2.65. The summed E-state index contributed by atoms with van der Waals surface area (Å²) in [6.07, 6.45) is 2.81. The summed E-state index contributed by atoms with van der Waals surface area (Å²) >= 11 is 0. The molecule has 1 rings (SSSR count). The normalized spacial score (nSPS) is 29.0. The molecule has 1 saturated heterocycles. The molecule has 142 valence electrons. The Morgan fingerprint density at radius 1 is 1.08 bits per heavy atom. The lowest BCUT2D eigenvalue weighted by Gasteiger charge is -2.45. The van der Waals surface area contributed by atoms with Crippen LogP contribution >= 0.6 is 0 Å². The minimum atomic E-state index is -0.695. The molecule has 0 saturated carbocycles. The Morgan fingerprint density at radius 2 is 1.68 bits per heavy atom. The first-order chi connectivity index (χ1) is 12.1. The van der Waals surface area contributed by atoms with Crippen molar-refractivity contribution in [3.8, 4) is 0 Å². The molecule has 1 aliphatic rings. The molecule has 1 heterocycles. The van der Waals surface area contributed by atoms with Crippen LogP contribution in [0.4, 0.5) is 0 Å². The van der Waals surface area contributed by atoms with Crippen molar-refractivity contribution in [2.45, 2.75) is 37.6 Å². The standard InChI is InChI=1S/C18H29NO6/c1-6-9-22-12-14-16(23-10-7-2)17(24-11-8-3)15(19-13(4)20)18(21-5)25-14/h6-8,14-18H,1-3,9-12H2,4-5H3,(H,19,20)/t14-,15-,16-,17-,18+/m1/s1. The van der Waals surface area contributed by atoms with E-state index >= 15 is 0 Å². The second-order valence-corrected chi connectivity index (χ2v) is 5.50. The number of carbonyl (C=O) groups is 1. The quantitative estimate of drug-likeness (QED) is 0.419. The Labute approximate surface area is 149 Å². The predicted molar refractivity (Wildman–Crippen MR) is 94.2 cm³/mol. The van der Waals surface area contributed by atoms with Gasteiger partial charge in [-0.1, -0.05) is 18.2 Å². The molecule has 0 aromatic carbocycles. The molecule has 1 amide bonds. The van der Waals surface area contributed by atoms with Crippen molar-refractivity contribution in [1.29, 1.82) is 0 Å². The number of carbonyl (C=O) groups excluding carboxylic acids is 1. The Hall–Kier alpha value is -1.51. The van der Waals surface area contributed by atoms with Gasteiger partial charge in [-0.15, -0.1) is 19.7 Å². The average Bonchev–Trinajstić information content (AvgIpc) is 2.59. The van der Waals surface area contributed by atoms with Crippen LogP contribution < -0.4 is 5.32 Å². The van der Waals surface area contributed by atoms with E-state index in [1.807, 2.05) is 0 Å². The highest BCUT2D eigenvalue weighted by Crippen LogP contribution is 2.27. The van der Waals surface area contributed by atoms with Crippen LogP contribution in [0.15, 0.2) is 38.0 Å². The van der Waals surface area contributed by atoms with Gasteiger partial charge >= 0.3 is 0 Å². The van der Waals surface area contributed by atoms with E-state index in [1.165, 1.54) is 14.0 Å². The molecule has 0 bridgehead atoms. The first kappa shape index (κ1) is 21.5. The van der Waals surface area contributed by atoms with Gasteiger partial charge in [0.2, 0.25) is 5.91 Å². The SMILES string of the molecule is C=CCOC[C@H]1O[C@H](OC)[C@H](NC(C)=O)[C@@H](OCC=C)[C@@H]1OCC=C. The summed E-state index contributed by atoms with van der Waals surface area (Å²) in [5.41, 5.74) is 0. The van der Waals surface area contributed by atoms with Crippen molar-refractivity contribution >= 4 is 5.91 Å². The number of ether oxygens (including phenoxy) is 5. The van der Waals surface area contributed by atoms with E-state index in [0.29, 0.717) is 19.8 Å². The van der Waals surface area contributed by atoms with Crippen molar-refractivity contribution in [1.82, 2.24) is 5.32 Å². The fourth-order valence-electron chi connectivity index (χ4n) is 2.65. The molecule has 1 N–H and O–H groups in total. The van der Waals surface area contributed by atoms with Crippen LogP contribution in [0.25, 0.3) is 0 Å². The Bertz CT molecular complexity index is 441. The highest BCUT2D eigenvalue weighted by atomic mass is 16.7. The van der Waals surface area contributed by atoms with Gasteiger partial charge in [0.1, 0.15) is 24.4 Å². The molecule has 5 atom stereocenters. The maximum Gasteiger partial charge on any atom is 0.217 e. The minimum absolute atomic E-state index is 0.216. The van der Waals surface area contributed by atoms with Gasteiger partial charge < -0.3 is 29.0 Å². The molecule has 7 nitrogen and oxygen atoms in total. The second-order valence-electron chi connectivity index (χ2n) is 5.50. The average molecular weight is 355 g/mol. The van der Waals surface area contributed by atoms with Gasteiger partial charge in [-0.2, -0.15) is 0 Å². The van der Waals surface area contributed by atoms with Gasteiger partial charge in [-0.25, -0.2) is 0 Å². The highest BCUT2D eigenvalue weighted by molar-refractivity contribution is 5.73. The van der Waals surface area contributed by atoms with E-state index in [4.69, 9.17) is 23.7 Å². The van der Waals surface area contributed by atoms with Crippen LogP contribution in [-0.2, 0) is 28.5 Å². The molecule has 0 aromatic heterocycles. The van der Waals surface area contributed by atoms with Crippen LogP contribution in [-0.4, -0.2) is 70.1 Å². The zero-order valence-electron chi connectivity index (χ0n) is 15.0. The topological polar surface area (TPSA) is 75.2 Å². The zero-order valence-corrected chi connectivity index (χ0v) is 15.0. The largest absolute Gasteiger partial charge is 0.375 e. The molecule has 0 aliphatic carbocycles. The lowest BCUT2D eigenvalue weighted by Crippen LogP contribution is -2.66. The number of hydrogen-bond acceptors (Lipinski definition) is 6. The molecular weight excluding hydrogens is 326 g/mol. The monoisotopic (exact) mass is 355 g/mol. The Balaban J connectivity index is 3.04. The molecule has 0 spiro atoms. The number of hydrogen-bond donors (Lipinski definition) is 1. The maximum atomic E-state index is 11.6. The van der Waals surface area contributed by atoms with Crippen LogP contribution in [0.2, 0.25) is 0 Å². The van der Waals surface area contributed by atoms with E-state index in [2.05, 4.69) is 25.1 Å². The summed E-state index contributed by atoms with van der Waals surface area (Å²) in [5, 5.41) is 2.82. The van der Waals surface area contributed by atoms with Gasteiger partial charge in [0, 0.05) is 14.0 Å². The minimum Gasteiger partial charge on any atom is -0.375 e. The van der Waals surface area contributed by atoms with E-state index in [0.717, 1.165) is 0 Å². The van der Waals surface area contributed by atoms with Crippen molar-refractivity contribution in [2.75, 3.05) is 33.5 Å². The number of nitrogens with one attached hydrogen (secondary N) is 1. The molecule has 1 aliphatic heterocycles. The second kappa shape index (κ2) is 11.9. The summed E-state index contributed by atoms with van der Waals surface area (Å²) < 4.78 is 28.7. The molecule has 25 heavy (non-hydrogen) atoms. The molecule has 0 aromatic rings. The summed E-state index contributed by atoms with van der Waals surface area (Å²) in [5.74, 6) is -0.216. The lowest BCUT2D eigenvalue weighted by molar-refractivity contribution is -0.277.